The Bertz CT molecular complexity index is 987. The average Bonchev–Trinajstić information content (AvgIpc) is 3.29. The Morgan fingerprint density at radius 3 is 2.19 bits per heavy atom. The molecule has 0 fully saturated rings. The van der Waals surface area contributed by atoms with Crippen LogP contribution in [-0.2, 0) is 11.2 Å². The molecule has 3 rings (SSSR count). The molecule has 0 radical (unpaired) electrons. The highest BCUT2D eigenvalue weighted by atomic mass is 32.1. The molecule has 4 heteroatoms. The van der Waals surface area contributed by atoms with Gasteiger partial charge in [-0.15, -0.1) is 11.3 Å². The number of nitrogens with zero attached hydrogens (tertiary/aromatic N) is 1. The van der Waals surface area contributed by atoms with Gasteiger partial charge in [-0.05, 0) is 48.9 Å². The van der Waals surface area contributed by atoms with Crippen LogP contribution in [0.4, 0.5) is 0 Å². The zero-order chi connectivity index (χ0) is 22.6. The van der Waals surface area contributed by atoms with E-state index in [1.165, 1.54) is 43.1 Å². The summed E-state index contributed by atoms with van der Waals surface area (Å²) < 4.78 is 5.39. The molecule has 168 valence electrons. The van der Waals surface area contributed by atoms with Crippen LogP contribution in [0.5, 0.6) is 5.75 Å². The smallest absolute Gasteiger partial charge is 0.335 e. The van der Waals surface area contributed by atoms with Crippen molar-refractivity contribution in [2.24, 2.45) is 0 Å². The van der Waals surface area contributed by atoms with Gasteiger partial charge in [0.2, 0.25) is 0 Å². The second kappa shape index (κ2) is 13.0. The Morgan fingerprint density at radius 1 is 0.875 bits per heavy atom. The monoisotopic (exact) mass is 447 g/mol. The van der Waals surface area contributed by atoms with E-state index in [-0.39, 0.29) is 5.97 Å². The fourth-order valence-electron chi connectivity index (χ4n) is 3.47. The minimum Gasteiger partial charge on any atom is -0.423 e. The van der Waals surface area contributed by atoms with Gasteiger partial charge in [0.1, 0.15) is 10.8 Å². The zero-order valence-electron chi connectivity index (χ0n) is 19.2. The summed E-state index contributed by atoms with van der Waals surface area (Å²) in [6.07, 6.45) is 14.7. The van der Waals surface area contributed by atoms with Gasteiger partial charge >= 0.3 is 5.97 Å². The third-order valence-electron chi connectivity index (χ3n) is 5.35. The molecular formula is C28H33NO2S. The Balaban J connectivity index is 1.55. The lowest BCUT2D eigenvalue weighted by atomic mass is 10.0. The van der Waals surface area contributed by atoms with E-state index in [0.29, 0.717) is 5.75 Å². The first kappa shape index (κ1) is 23.9. The first-order valence-corrected chi connectivity index (χ1v) is 12.5. The molecule has 1 aromatic heterocycles. The summed E-state index contributed by atoms with van der Waals surface area (Å²) in [5.41, 5.74) is 3.37. The Kier molecular flexibility index (Phi) is 9.70. The van der Waals surface area contributed by atoms with E-state index in [2.05, 4.69) is 43.1 Å². The van der Waals surface area contributed by atoms with Crippen LogP contribution in [0.1, 0.15) is 63.7 Å². The summed E-state index contributed by atoms with van der Waals surface area (Å²) in [5.74, 6) is 0.239. The fraction of sp³-hybridized carbons (Fsp3) is 0.357. The van der Waals surface area contributed by atoms with Crippen molar-refractivity contribution in [3.8, 4) is 27.4 Å². The highest BCUT2D eigenvalue weighted by molar-refractivity contribution is 7.15. The quantitative estimate of drug-likeness (QED) is 0.121. The Morgan fingerprint density at radius 2 is 1.50 bits per heavy atom. The molecule has 3 aromatic rings. The molecule has 0 bridgehead atoms. The van der Waals surface area contributed by atoms with Crippen LogP contribution in [0.3, 0.4) is 0 Å². The van der Waals surface area contributed by atoms with Crippen molar-refractivity contribution in [3.05, 3.63) is 71.8 Å². The van der Waals surface area contributed by atoms with E-state index in [1.54, 1.807) is 11.3 Å². The maximum absolute atomic E-state index is 11.9. The summed E-state index contributed by atoms with van der Waals surface area (Å²) in [4.78, 5) is 17.9. The molecule has 1 heterocycles. The van der Waals surface area contributed by atoms with Crippen molar-refractivity contribution >= 4 is 17.3 Å². The molecule has 0 spiro atoms. The lowest BCUT2D eigenvalue weighted by Gasteiger charge is -2.05. The van der Waals surface area contributed by atoms with Gasteiger partial charge in [0.15, 0.2) is 0 Å². The van der Waals surface area contributed by atoms with Crippen molar-refractivity contribution in [2.45, 2.75) is 65.2 Å². The number of ether oxygens (including phenoxy) is 1. The number of hydrogen-bond donors (Lipinski definition) is 0. The van der Waals surface area contributed by atoms with Crippen LogP contribution in [0, 0.1) is 0 Å². The van der Waals surface area contributed by atoms with Crippen LogP contribution in [-0.4, -0.2) is 11.0 Å². The standard InChI is InChI=1S/C28H33NO2S/c1-3-5-7-8-10-12-27(30)31-25-19-17-23(18-20-25)22-13-15-24(16-14-22)28-29-21-26(32-28)11-9-6-4-2/h10,12-21H,3-9,11H2,1-2H3. The topological polar surface area (TPSA) is 39.2 Å². The van der Waals surface area contributed by atoms with Crippen molar-refractivity contribution in [1.82, 2.24) is 4.98 Å². The van der Waals surface area contributed by atoms with Gasteiger partial charge in [0, 0.05) is 22.7 Å². The molecular weight excluding hydrogens is 414 g/mol. The summed E-state index contributed by atoms with van der Waals surface area (Å²) in [7, 11) is 0. The van der Waals surface area contributed by atoms with E-state index < -0.39 is 0 Å². The predicted octanol–water partition coefficient (Wildman–Crippen LogP) is 8.25. The van der Waals surface area contributed by atoms with Gasteiger partial charge in [0.05, 0.1) is 0 Å². The molecule has 2 aromatic carbocycles. The fourth-order valence-corrected chi connectivity index (χ4v) is 4.43. The third kappa shape index (κ3) is 7.45. The normalized spacial score (nSPS) is 11.2. The number of rotatable bonds is 12. The summed E-state index contributed by atoms with van der Waals surface area (Å²) in [6, 6.07) is 16.1. The molecule has 0 aliphatic carbocycles. The molecule has 32 heavy (non-hydrogen) atoms. The zero-order valence-corrected chi connectivity index (χ0v) is 20.0. The molecule has 0 saturated carbocycles. The molecule has 0 amide bonds. The number of thiazole rings is 1. The van der Waals surface area contributed by atoms with E-state index in [9.17, 15) is 4.79 Å². The summed E-state index contributed by atoms with van der Waals surface area (Å²) in [6.45, 7) is 4.40. The van der Waals surface area contributed by atoms with Crippen LogP contribution < -0.4 is 4.74 Å². The van der Waals surface area contributed by atoms with E-state index >= 15 is 0 Å². The number of aryl methyl sites for hydroxylation is 1. The molecule has 0 saturated heterocycles. The first-order valence-electron chi connectivity index (χ1n) is 11.7. The van der Waals surface area contributed by atoms with Crippen LogP contribution in [0.25, 0.3) is 21.7 Å². The van der Waals surface area contributed by atoms with Crippen molar-refractivity contribution in [1.29, 1.82) is 0 Å². The molecule has 0 atom stereocenters. The van der Waals surface area contributed by atoms with Crippen LogP contribution >= 0.6 is 11.3 Å². The number of hydrogen-bond acceptors (Lipinski definition) is 4. The van der Waals surface area contributed by atoms with Crippen LogP contribution in [0.15, 0.2) is 66.9 Å². The largest absolute Gasteiger partial charge is 0.423 e. The first-order chi connectivity index (χ1) is 15.7. The van der Waals surface area contributed by atoms with Gasteiger partial charge in [-0.2, -0.15) is 0 Å². The SMILES string of the molecule is CCCCCC=CC(=O)Oc1ccc(-c2ccc(-c3ncc(CCCCC)s3)cc2)cc1. The number of carbonyl (C=O) groups excluding carboxylic acids is 1. The number of benzene rings is 2. The van der Waals surface area contributed by atoms with Crippen molar-refractivity contribution in [2.75, 3.05) is 0 Å². The molecule has 3 nitrogen and oxygen atoms in total. The number of esters is 1. The van der Waals surface area contributed by atoms with Crippen molar-refractivity contribution in [3.63, 3.8) is 0 Å². The minimum atomic E-state index is -0.323. The third-order valence-corrected chi connectivity index (χ3v) is 6.45. The second-order valence-corrected chi connectivity index (χ2v) is 9.13. The molecule has 0 N–H and O–H groups in total. The average molecular weight is 448 g/mol. The highest BCUT2D eigenvalue weighted by Crippen LogP contribution is 2.29. The van der Waals surface area contributed by atoms with E-state index in [4.69, 9.17) is 4.74 Å². The Labute approximate surface area is 196 Å². The van der Waals surface area contributed by atoms with Gasteiger partial charge in [-0.25, -0.2) is 9.78 Å². The number of aromatic nitrogens is 1. The molecule has 0 aliphatic rings. The van der Waals surface area contributed by atoms with Gasteiger partial charge < -0.3 is 4.74 Å². The summed E-state index contributed by atoms with van der Waals surface area (Å²) in [5, 5.41) is 1.08. The van der Waals surface area contributed by atoms with Gasteiger partial charge in [-0.3, -0.25) is 0 Å². The van der Waals surface area contributed by atoms with Gasteiger partial charge in [0.25, 0.3) is 0 Å². The van der Waals surface area contributed by atoms with E-state index in [0.717, 1.165) is 41.0 Å². The molecule has 0 unspecified atom stereocenters. The summed E-state index contributed by atoms with van der Waals surface area (Å²) >= 11 is 1.79. The highest BCUT2D eigenvalue weighted by Gasteiger charge is 2.07. The van der Waals surface area contributed by atoms with E-state index in [1.807, 2.05) is 36.5 Å². The maximum Gasteiger partial charge on any atom is 0.335 e. The lowest BCUT2D eigenvalue weighted by Crippen LogP contribution is -2.03. The number of carbonyl (C=O) groups is 1. The van der Waals surface area contributed by atoms with Crippen LogP contribution in [0.2, 0.25) is 0 Å². The predicted molar refractivity (Wildman–Crippen MR) is 135 cm³/mol. The number of unbranched alkanes of at least 4 members (excludes halogenated alkanes) is 5. The van der Waals surface area contributed by atoms with Crippen molar-refractivity contribution < 1.29 is 9.53 Å². The Hall–Kier alpha value is -2.72. The second-order valence-electron chi connectivity index (χ2n) is 8.01. The lowest BCUT2D eigenvalue weighted by molar-refractivity contribution is -0.129. The minimum absolute atomic E-state index is 0.323. The number of allylic oxidation sites excluding steroid dienone is 1. The van der Waals surface area contributed by atoms with Gasteiger partial charge in [-0.1, -0.05) is 82.0 Å². The molecule has 0 aliphatic heterocycles. The maximum atomic E-state index is 11.9.